The molecule has 1 heterocycles. The van der Waals surface area contributed by atoms with Gasteiger partial charge in [-0.25, -0.2) is 9.97 Å². The zero-order valence-electron chi connectivity index (χ0n) is 15.8. The van der Waals surface area contributed by atoms with E-state index in [0.29, 0.717) is 35.4 Å². The molecule has 140 valence electrons. The van der Waals surface area contributed by atoms with Crippen molar-refractivity contribution in [2.45, 2.75) is 6.92 Å². The van der Waals surface area contributed by atoms with E-state index >= 15 is 0 Å². The van der Waals surface area contributed by atoms with Crippen molar-refractivity contribution in [1.82, 2.24) is 20.2 Å². The van der Waals surface area contributed by atoms with Gasteiger partial charge in [-0.3, -0.25) is 4.79 Å². The molecule has 2 rings (SSSR count). The molecule has 0 saturated heterocycles. The maximum Gasteiger partial charge on any atom is 0.270 e. The first-order valence-corrected chi connectivity index (χ1v) is 8.20. The minimum absolute atomic E-state index is 0.229. The van der Waals surface area contributed by atoms with Gasteiger partial charge in [-0.1, -0.05) is 0 Å². The van der Waals surface area contributed by atoms with Crippen LogP contribution in [-0.4, -0.2) is 62.2 Å². The molecule has 0 spiro atoms. The van der Waals surface area contributed by atoms with Gasteiger partial charge in [-0.05, 0) is 39.2 Å². The van der Waals surface area contributed by atoms with Gasteiger partial charge in [0.2, 0.25) is 5.95 Å². The zero-order chi connectivity index (χ0) is 19.1. The molecule has 8 nitrogen and oxygen atoms in total. The summed E-state index contributed by atoms with van der Waals surface area (Å²) in [5.74, 6) is 1.33. The van der Waals surface area contributed by atoms with Crippen LogP contribution in [0.5, 0.6) is 11.5 Å². The summed E-state index contributed by atoms with van der Waals surface area (Å²) in [6.45, 7) is 3.12. The highest BCUT2D eigenvalue weighted by Gasteiger charge is 2.11. The summed E-state index contributed by atoms with van der Waals surface area (Å²) in [6.07, 6.45) is 0. The molecule has 0 aliphatic heterocycles. The Labute approximate surface area is 153 Å². The van der Waals surface area contributed by atoms with Crippen LogP contribution < -0.4 is 20.1 Å². The Morgan fingerprint density at radius 2 is 1.85 bits per heavy atom. The van der Waals surface area contributed by atoms with E-state index in [9.17, 15) is 4.79 Å². The molecule has 0 aliphatic carbocycles. The quantitative estimate of drug-likeness (QED) is 0.743. The number of hydrogen-bond donors (Lipinski definition) is 2. The number of methoxy groups -OCH3 is 2. The van der Waals surface area contributed by atoms with Crippen molar-refractivity contribution >= 4 is 17.5 Å². The van der Waals surface area contributed by atoms with Crippen molar-refractivity contribution in [3.8, 4) is 11.5 Å². The van der Waals surface area contributed by atoms with Gasteiger partial charge >= 0.3 is 0 Å². The fourth-order valence-corrected chi connectivity index (χ4v) is 2.27. The summed E-state index contributed by atoms with van der Waals surface area (Å²) in [6, 6.07) is 7.04. The van der Waals surface area contributed by atoms with E-state index in [1.54, 1.807) is 32.4 Å². The van der Waals surface area contributed by atoms with Crippen LogP contribution in [0.3, 0.4) is 0 Å². The van der Waals surface area contributed by atoms with Crippen LogP contribution in [0.4, 0.5) is 11.6 Å². The van der Waals surface area contributed by atoms with E-state index in [1.165, 1.54) is 0 Å². The molecule has 0 bridgehead atoms. The normalized spacial score (nSPS) is 10.5. The summed E-state index contributed by atoms with van der Waals surface area (Å²) in [5.41, 5.74) is 1.74. The average molecular weight is 359 g/mol. The lowest BCUT2D eigenvalue weighted by Gasteiger charge is -2.12. The largest absolute Gasteiger partial charge is 0.493 e. The molecule has 0 atom stereocenters. The standard InChI is InChI=1S/C18H25N5O3/c1-12-10-14(17(24)19-8-9-23(2)3)22-18(20-12)21-13-6-7-15(25-4)16(11-13)26-5/h6-7,10-11H,8-9H2,1-5H3,(H,19,24)(H,20,21,22). The van der Waals surface area contributed by atoms with Crippen LogP contribution in [0, 0.1) is 6.92 Å². The van der Waals surface area contributed by atoms with Crippen molar-refractivity contribution in [3.05, 3.63) is 35.7 Å². The minimum Gasteiger partial charge on any atom is -0.493 e. The number of likely N-dealkylation sites (N-methyl/N-ethyl adjacent to an activating group) is 1. The van der Waals surface area contributed by atoms with E-state index in [1.807, 2.05) is 32.0 Å². The monoisotopic (exact) mass is 359 g/mol. The lowest BCUT2D eigenvalue weighted by molar-refractivity contribution is 0.0946. The van der Waals surface area contributed by atoms with Crippen LogP contribution in [0.15, 0.2) is 24.3 Å². The van der Waals surface area contributed by atoms with Gasteiger partial charge in [0, 0.05) is 30.5 Å². The van der Waals surface area contributed by atoms with Crippen LogP contribution in [0.2, 0.25) is 0 Å². The number of nitrogens with zero attached hydrogens (tertiary/aromatic N) is 3. The number of benzene rings is 1. The lowest BCUT2D eigenvalue weighted by Crippen LogP contribution is -2.32. The van der Waals surface area contributed by atoms with E-state index in [-0.39, 0.29) is 5.91 Å². The Morgan fingerprint density at radius 3 is 2.50 bits per heavy atom. The average Bonchev–Trinajstić information content (AvgIpc) is 2.60. The first-order chi connectivity index (χ1) is 12.4. The number of nitrogens with one attached hydrogen (secondary N) is 2. The molecule has 0 aliphatic rings. The first kappa shape index (κ1) is 19.5. The molecule has 2 N–H and O–H groups in total. The van der Waals surface area contributed by atoms with Crippen molar-refractivity contribution < 1.29 is 14.3 Å². The van der Waals surface area contributed by atoms with Gasteiger partial charge in [-0.15, -0.1) is 0 Å². The van der Waals surface area contributed by atoms with Gasteiger partial charge in [-0.2, -0.15) is 0 Å². The number of aryl methyl sites for hydroxylation is 1. The van der Waals surface area contributed by atoms with Gasteiger partial charge in [0.25, 0.3) is 5.91 Å². The minimum atomic E-state index is -0.229. The Morgan fingerprint density at radius 1 is 1.12 bits per heavy atom. The molecule has 0 radical (unpaired) electrons. The molecule has 2 aromatic rings. The van der Waals surface area contributed by atoms with Crippen LogP contribution in [0.1, 0.15) is 16.2 Å². The molecular weight excluding hydrogens is 334 g/mol. The van der Waals surface area contributed by atoms with Crippen molar-refractivity contribution in [3.63, 3.8) is 0 Å². The van der Waals surface area contributed by atoms with E-state index in [4.69, 9.17) is 9.47 Å². The molecule has 26 heavy (non-hydrogen) atoms. The molecule has 1 aromatic heterocycles. The maximum atomic E-state index is 12.3. The fraction of sp³-hybridized carbons (Fsp3) is 0.389. The summed E-state index contributed by atoms with van der Waals surface area (Å²) < 4.78 is 10.5. The molecular formula is C18H25N5O3. The van der Waals surface area contributed by atoms with Crippen molar-refractivity contribution in [2.24, 2.45) is 0 Å². The molecule has 0 saturated carbocycles. The molecule has 1 aromatic carbocycles. The second-order valence-corrected chi connectivity index (χ2v) is 5.97. The van der Waals surface area contributed by atoms with E-state index in [0.717, 1.165) is 12.2 Å². The van der Waals surface area contributed by atoms with E-state index < -0.39 is 0 Å². The second-order valence-electron chi connectivity index (χ2n) is 5.97. The summed E-state index contributed by atoms with van der Waals surface area (Å²) in [5, 5.41) is 5.94. The van der Waals surface area contributed by atoms with Crippen LogP contribution in [0.25, 0.3) is 0 Å². The van der Waals surface area contributed by atoms with Gasteiger partial charge in [0.15, 0.2) is 11.5 Å². The zero-order valence-corrected chi connectivity index (χ0v) is 15.8. The van der Waals surface area contributed by atoms with Crippen LogP contribution >= 0.6 is 0 Å². The summed E-state index contributed by atoms with van der Waals surface area (Å²) in [7, 11) is 7.05. The third kappa shape index (κ3) is 5.32. The smallest absolute Gasteiger partial charge is 0.270 e. The Bertz CT molecular complexity index is 764. The molecule has 8 heteroatoms. The number of aromatic nitrogens is 2. The number of carbonyl (C=O) groups is 1. The molecule has 0 unspecified atom stereocenters. The Hall–Kier alpha value is -2.87. The first-order valence-electron chi connectivity index (χ1n) is 8.20. The maximum absolute atomic E-state index is 12.3. The molecule has 0 fully saturated rings. The predicted octanol–water partition coefficient (Wildman–Crippen LogP) is 1.84. The number of ether oxygens (including phenoxy) is 2. The number of carbonyl (C=O) groups excluding carboxylic acids is 1. The highest BCUT2D eigenvalue weighted by molar-refractivity contribution is 5.92. The lowest BCUT2D eigenvalue weighted by atomic mass is 10.2. The van der Waals surface area contributed by atoms with Crippen LogP contribution in [-0.2, 0) is 0 Å². The van der Waals surface area contributed by atoms with Crippen molar-refractivity contribution in [2.75, 3.05) is 46.7 Å². The Balaban J connectivity index is 2.15. The number of amides is 1. The third-order valence-electron chi connectivity index (χ3n) is 3.57. The number of hydrogen-bond acceptors (Lipinski definition) is 7. The highest BCUT2D eigenvalue weighted by atomic mass is 16.5. The molecule has 1 amide bonds. The number of anilines is 2. The Kier molecular flexibility index (Phi) is 6.74. The predicted molar refractivity (Wildman–Crippen MR) is 100 cm³/mol. The highest BCUT2D eigenvalue weighted by Crippen LogP contribution is 2.30. The van der Waals surface area contributed by atoms with Crippen molar-refractivity contribution in [1.29, 1.82) is 0 Å². The SMILES string of the molecule is COc1ccc(Nc2nc(C)cc(C(=O)NCCN(C)C)n2)cc1OC. The fourth-order valence-electron chi connectivity index (χ4n) is 2.27. The van der Waals surface area contributed by atoms with Gasteiger partial charge in [0.05, 0.1) is 14.2 Å². The topological polar surface area (TPSA) is 88.6 Å². The van der Waals surface area contributed by atoms with Gasteiger partial charge < -0.3 is 25.0 Å². The van der Waals surface area contributed by atoms with Gasteiger partial charge in [0.1, 0.15) is 5.69 Å². The summed E-state index contributed by atoms with van der Waals surface area (Å²) in [4.78, 5) is 22.9. The summed E-state index contributed by atoms with van der Waals surface area (Å²) >= 11 is 0. The third-order valence-corrected chi connectivity index (χ3v) is 3.57. The second kappa shape index (κ2) is 9.00. The van der Waals surface area contributed by atoms with E-state index in [2.05, 4.69) is 20.6 Å². The number of rotatable bonds is 8.